The zero-order valence-corrected chi connectivity index (χ0v) is 18.6. The summed E-state index contributed by atoms with van der Waals surface area (Å²) in [5.74, 6) is 0.298. The van der Waals surface area contributed by atoms with Crippen LogP contribution in [-0.2, 0) is 22.6 Å². The maximum Gasteiger partial charge on any atom is 0.229 e. The topological polar surface area (TPSA) is 86.1 Å². The van der Waals surface area contributed by atoms with Gasteiger partial charge in [0, 0.05) is 24.8 Å². The summed E-state index contributed by atoms with van der Waals surface area (Å²) in [6.45, 7) is 3.34. The largest absolute Gasteiger partial charge is 0.490 e. The first-order valence-electron chi connectivity index (χ1n) is 11.7. The lowest BCUT2D eigenvalue weighted by atomic mass is 9.92. The summed E-state index contributed by atoms with van der Waals surface area (Å²) < 4.78 is 21.8. The first-order chi connectivity index (χ1) is 15.5. The normalized spacial score (nSPS) is 19.6. The van der Waals surface area contributed by atoms with Gasteiger partial charge in [-0.2, -0.15) is 0 Å². The molecule has 0 spiro atoms. The third-order valence-corrected chi connectivity index (χ3v) is 6.52. The Morgan fingerprint density at radius 1 is 1.28 bits per heavy atom. The molecule has 2 fully saturated rings. The van der Waals surface area contributed by atoms with Gasteiger partial charge in [0.1, 0.15) is 0 Å². The fourth-order valence-corrected chi connectivity index (χ4v) is 4.23. The summed E-state index contributed by atoms with van der Waals surface area (Å²) in [4.78, 5) is 23.2. The summed E-state index contributed by atoms with van der Waals surface area (Å²) in [6, 6.07) is 5.14. The van der Waals surface area contributed by atoms with Crippen molar-refractivity contribution in [2.24, 2.45) is 11.8 Å². The maximum absolute atomic E-state index is 14.2. The molecule has 2 atom stereocenters. The highest BCUT2D eigenvalue weighted by Crippen LogP contribution is 2.32. The predicted octanol–water partition coefficient (Wildman–Crippen LogP) is 3.78. The van der Waals surface area contributed by atoms with Crippen LogP contribution in [0.15, 0.2) is 24.4 Å². The quantitative estimate of drug-likeness (QED) is 0.536. The molecule has 2 aromatic rings. The van der Waals surface area contributed by atoms with Crippen LogP contribution in [0.3, 0.4) is 0 Å². The number of halogens is 1. The SMILES string of the molecule is CCC(Cn1nncc1CCCC1CCC(=O)NC1=O)c1ccc(F)c(OCC2CC2)c1. The number of nitrogens with zero attached hydrogens (tertiary/aromatic N) is 3. The van der Waals surface area contributed by atoms with Gasteiger partial charge in [-0.3, -0.25) is 14.9 Å². The van der Waals surface area contributed by atoms with E-state index in [-0.39, 0.29) is 29.5 Å². The second-order valence-electron chi connectivity index (χ2n) is 9.00. The minimum Gasteiger partial charge on any atom is -0.490 e. The molecule has 2 unspecified atom stereocenters. The molecule has 4 rings (SSSR count). The number of ether oxygens (including phenoxy) is 1. The fraction of sp³-hybridized carbons (Fsp3) is 0.583. The van der Waals surface area contributed by atoms with Gasteiger partial charge in [-0.1, -0.05) is 18.2 Å². The number of rotatable bonds is 11. The smallest absolute Gasteiger partial charge is 0.229 e. The Hall–Kier alpha value is -2.77. The summed E-state index contributed by atoms with van der Waals surface area (Å²) in [6.07, 6.45) is 8.34. The molecule has 1 saturated carbocycles. The van der Waals surface area contributed by atoms with Crippen LogP contribution in [0.2, 0.25) is 0 Å². The van der Waals surface area contributed by atoms with Gasteiger partial charge in [-0.05, 0) is 68.6 Å². The minimum absolute atomic E-state index is 0.103. The third-order valence-electron chi connectivity index (χ3n) is 6.52. The van der Waals surface area contributed by atoms with E-state index in [1.54, 1.807) is 6.20 Å². The molecule has 1 aromatic carbocycles. The van der Waals surface area contributed by atoms with Gasteiger partial charge in [-0.25, -0.2) is 9.07 Å². The van der Waals surface area contributed by atoms with Crippen molar-refractivity contribution in [3.63, 3.8) is 0 Å². The summed E-state index contributed by atoms with van der Waals surface area (Å²) in [7, 11) is 0. The molecule has 1 saturated heterocycles. The lowest BCUT2D eigenvalue weighted by Gasteiger charge is -2.21. The van der Waals surface area contributed by atoms with Crippen LogP contribution in [0.4, 0.5) is 4.39 Å². The number of benzene rings is 1. The van der Waals surface area contributed by atoms with Gasteiger partial charge < -0.3 is 4.74 Å². The van der Waals surface area contributed by atoms with Crippen molar-refractivity contribution in [3.05, 3.63) is 41.5 Å². The Labute approximate surface area is 187 Å². The van der Waals surface area contributed by atoms with Crippen LogP contribution in [0.25, 0.3) is 0 Å². The molecule has 7 nitrogen and oxygen atoms in total. The standard InChI is InChI=1S/C24H31FN4O3/c1-2-17(19-8-10-21(25)22(12-19)32-15-16-6-7-16)14-29-20(13-26-28-29)5-3-4-18-9-11-23(30)27-24(18)31/h8,10,12-13,16-18H,2-7,9,11,14-15H2,1H3,(H,27,30,31). The molecule has 32 heavy (non-hydrogen) atoms. The average molecular weight is 443 g/mol. The lowest BCUT2D eigenvalue weighted by molar-refractivity contribution is -0.136. The number of amides is 2. The molecule has 2 aliphatic rings. The second kappa shape index (κ2) is 10.2. The Morgan fingerprint density at radius 2 is 2.12 bits per heavy atom. The van der Waals surface area contributed by atoms with E-state index in [9.17, 15) is 14.0 Å². The summed E-state index contributed by atoms with van der Waals surface area (Å²) >= 11 is 0. The molecule has 8 heteroatoms. The molecule has 0 bridgehead atoms. The van der Waals surface area contributed by atoms with Crippen LogP contribution >= 0.6 is 0 Å². The van der Waals surface area contributed by atoms with E-state index in [1.807, 2.05) is 16.8 Å². The van der Waals surface area contributed by atoms with Crippen LogP contribution < -0.4 is 10.1 Å². The van der Waals surface area contributed by atoms with Crippen LogP contribution in [0.5, 0.6) is 5.75 Å². The highest BCUT2D eigenvalue weighted by Gasteiger charge is 2.26. The minimum atomic E-state index is -0.320. The summed E-state index contributed by atoms with van der Waals surface area (Å²) in [5.41, 5.74) is 2.05. The zero-order valence-electron chi connectivity index (χ0n) is 18.6. The average Bonchev–Trinajstić information content (AvgIpc) is 3.51. The van der Waals surface area contributed by atoms with Gasteiger partial charge in [-0.15, -0.1) is 5.10 Å². The molecular formula is C24H31FN4O3. The van der Waals surface area contributed by atoms with E-state index < -0.39 is 0 Å². The van der Waals surface area contributed by atoms with Gasteiger partial charge in [0.15, 0.2) is 11.6 Å². The first kappa shape index (κ1) is 22.4. The summed E-state index contributed by atoms with van der Waals surface area (Å²) in [5, 5.41) is 10.8. The van der Waals surface area contributed by atoms with Crippen molar-refractivity contribution < 1.29 is 18.7 Å². The van der Waals surface area contributed by atoms with Crippen LogP contribution in [0.1, 0.15) is 69.0 Å². The number of hydrogen-bond donors (Lipinski definition) is 1. The third kappa shape index (κ3) is 5.72. The van der Waals surface area contributed by atoms with Gasteiger partial charge in [0.2, 0.25) is 11.8 Å². The highest BCUT2D eigenvalue weighted by molar-refractivity contribution is 5.98. The van der Waals surface area contributed by atoms with Crippen molar-refractivity contribution in [2.45, 2.75) is 70.8 Å². The molecular weight excluding hydrogens is 411 g/mol. The van der Waals surface area contributed by atoms with Gasteiger partial charge >= 0.3 is 0 Å². The number of carbonyl (C=O) groups is 2. The predicted molar refractivity (Wildman–Crippen MR) is 116 cm³/mol. The van der Waals surface area contributed by atoms with Crippen LogP contribution in [-0.4, -0.2) is 33.4 Å². The van der Waals surface area contributed by atoms with E-state index in [1.165, 1.54) is 6.07 Å². The number of aryl methyl sites for hydroxylation is 1. The number of hydrogen-bond acceptors (Lipinski definition) is 5. The molecule has 0 radical (unpaired) electrons. The van der Waals surface area contributed by atoms with Crippen molar-refractivity contribution in [1.29, 1.82) is 0 Å². The molecule has 1 aliphatic heterocycles. The lowest BCUT2D eigenvalue weighted by Crippen LogP contribution is -2.40. The number of carbonyl (C=O) groups excluding carboxylic acids is 2. The number of aromatic nitrogens is 3. The van der Waals surface area contributed by atoms with E-state index >= 15 is 0 Å². The van der Waals surface area contributed by atoms with Crippen molar-refractivity contribution in [2.75, 3.05) is 6.61 Å². The van der Waals surface area contributed by atoms with E-state index in [4.69, 9.17) is 4.74 Å². The van der Waals surface area contributed by atoms with E-state index in [0.717, 1.165) is 49.8 Å². The number of piperidine rings is 1. The molecule has 172 valence electrons. The van der Waals surface area contributed by atoms with Crippen LogP contribution in [0, 0.1) is 17.7 Å². The number of imide groups is 1. The maximum atomic E-state index is 14.2. The van der Waals surface area contributed by atoms with E-state index in [2.05, 4.69) is 22.6 Å². The van der Waals surface area contributed by atoms with Gasteiger partial charge in [0.05, 0.1) is 18.5 Å². The monoisotopic (exact) mass is 442 g/mol. The fourth-order valence-electron chi connectivity index (χ4n) is 4.23. The first-order valence-corrected chi connectivity index (χ1v) is 11.7. The Bertz CT molecular complexity index is 956. The Balaban J connectivity index is 1.35. The molecule has 1 aromatic heterocycles. The van der Waals surface area contributed by atoms with Crippen molar-refractivity contribution in [1.82, 2.24) is 20.3 Å². The molecule has 2 amide bonds. The van der Waals surface area contributed by atoms with Crippen molar-refractivity contribution in [3.8, 4) is 5.75 Å². The molecule has 1 aliphatic carbocycles. The Morgan fingerprint density at radius 3 is 2.88 bits per heavy atom. The zero-order chi connectivity index (χ0) is 22.5. The van der Waals surface area contributed by atoms with Crippen molar-refractivity contribution >= 4 is 11.8 Å². The van der Waals surface area contributed by atoms with Gasteiger partial charge in [0.25, 0.3) is 0 Å². The second-order valence-corrected chi connectivity index (χ2v) is 9.00. The molecule has 2 heterocycles. The van der Waals surface area contributed by atoms with E-state index in [0.29, 0.717) is 37.7 Å². The highest BCUT2D eigenvalue weighted by atomic mass is 19.1. The molecule has 1 N–H and O–H groups in total. The Kier molecular flexibility index (Phi) is 7.17. The number of nitrogens with one attached hydrogen (secondary N) is 1.